The van der Waals surface area contributed by atoms with Crippen molar-refractivity contribution in [2.75, 3.05) is 7.11 Å². The van der Waals surface area contributed by atoms with Crippen LogP contribution in [0.1, 0.15) is 24.0 Å². The molecule has 0 spiro atoms. The van der Waals surface area contributed by atoms with Crippen molar-refractivity contribution < 1.29 is 4.74 Å². The Kier molecular flexibility index (Phi) is 2.86. The molecule has 0 amide bonds. The first kappa shape index (κ1) is 9.53. The molecule has 1 atom stereocenters. The Morgan fingerprint density at radius 3 is 2.77 bits per heavy atom. The maximum atomic E-state index is 8.70. The molecule has 1 rings (SSSR count). The number of nitrogens with zero attached hydrogens (tertiary/aromatic N) is 2. The topological polar surface area (TPSA) is 45.9 Å². The highest BCUT2D eigenvalue weighted by Gasteiger charge is 2.06. The van der Waals surface area contributed by atoms with Crippen molar-refractivity contribution in [3.63, 3.8) is 0 Å². The molecule has 0 saturated carbocycles. The summed E-state index contributed by atoms with van der Waals surface area (Å²) < 4.78 is 5.02. The molecule has 3 heteroatoms. The van der Waals surface area contributed by atoms with Crippen LogP contribution in [0.2, 0.25) is 0 Å². The molecule has 0 aliphatic heterocycles. The molecule has 1 aromatic heterocycles. The van der Waals surface area contributed by atoms with Gasteiger partial charge in [-0.3, -0.25) is 0 Å². The molecule has 68 valence electrons. The second kappa shape index (κ2) is 3.90. The van der Waals surface area contributed by atoms with Gasteiger partial charge in [-0.15, -0.1) is 0 Å². The first-order chi connectivity index (χ1) is 6.19. The van der Waals surface area contributed by atoms with Crippen LogP contribution in [0.5, 0.6) is 5.88 Å². The van der Waals surface area contributed by atoms with Crippen LogP contribution in [-0.2, 0) is 0 Å². The van der Waals surface area contributed by atoms with Gasteiger partial charge >= 0.3 is 0 Å². The molecule has 0 N–H and O–H groups in total. The van der Waals surface area contributed by atoms with Crippen LogP contribution >= 0.6 is 0 Å². The van der Waals surface area contributed by atoms with E-state index < -0.39 is 0 Å². The van der Waals surface area contributed by atoms with Crippen LogP contribution in [0.3, 0.4) is 0 Å². The predicted molar refractivity (Wildman–Crippen MR) is 49.6 cm³/mol. The number of hydrogen-bond acceptors (Lipinski definition) is 3. The number of aryl methyl sites for hydroxylation is 1. The van der Waals surface area contributed by atoms with Crippen molar-refractivity contribution in [3.8, 4) is 11.9 Å². The lowest BCUT2D eigenvalue weighted by Crippen LogP contribution is -1.96. The standard InChI is InChI=1S/C10H12N2O/c1-7-4-9(8(2)5-11)6-12-10(7)13-3/h4,6,8H,1-3H3. The van der Waals surface area contributed by atoms with Crippen molar-refractivity contribution in [3.05, 3.63) is 23.4 Å². The Morgan fingerprint density at radius 2 is 2.31 bits per heavy atom. The van der Waals surface area contributed by atoms with Gasteiger partial charge in [-0.2, -0.15) is 5.26 Å². The molecular formula is C10H12N2O. The fourth-order valence-corrected chi connectivity index (χ4v) is 1.11. The largest absolute Gasteiger partial charge is 0.481 e. The Morgan fingerprint density at radius 1 is 1.62 bits per heavy atom. The van der Waals surface area contributed by atoms with Crippen LogP contribution in [0.25, 0.3) is 0 Å². The first-order valence-electron chi connectivity index (χ1n) is 4.09. The molecular weight excluding hydrogens is 164 g/mol. The van der Waals surface area contributed by atoms with Crippen molar-refractivity contribution in [2.45, 2.75) is 19.8 Å². The summed E-state index contributed by atoms with van der Waals surface area (Å²) in [7, 11) is 1.59. The molecule has 1 heterocycles. The van der Waals surface area contributed by atoms with E-state index >= 15 is 0 Å². The van der Waals surface area contributed by atoms with Crippen molar-refractivity contribution in [1.29, 1.82) is 5.26 Å². The SMILES string of the molecule is COc1ncc(C(C)C#N)cc1C. The van der Waals surface area contributed by atoms with E-state index in [1.807, 2.05) is 19.9 Å². The Bertz CT molecular complexity index is 341. The van der Waals surface area contributed by atoms with Crippen LogP contribution in [0.4, 0.5) is 0 Å². The zero-order valence-corrected chi connectivity index (χ0v) is 8.03. The second-order valence-electron chi connectivity index (χ2n) is 2.95. The van der Waals surface area contributed by atoms with Crippen molar-refractivity contribution in [2.24, 2.45) is 0 Å². The zero-order valence-electron chi connectivity index (χ0n) is 8.03. The van der Waals surface area contributed by atoms with Gasteiger partial charge in [0.1, 0.15) is 0 Å². The molecule has 1 aromatic rings. The third-order valence-electron chi connectivity index (χ3n) is 1.94. The fourth-order valence-electron chi connectivity index (χ4n) is 1.11. The Hall–Kier alpha value is -1.56. The third kappa shape index (κ3) is 1.97. The molecule has 1 unspecified atom stereocenters. The van der Waals surface area contributed by atoms with Gasteiger partial charge in [-0.05, 0) is 25.5 Å². The number of ether oxygens (including phenoxy) is 1. The van der Waals surface area contributed by atoms with Gasteiger partial charge in [0.15, 0.2) is 0 Å². The molecule has 0 aliphatic carbocycles. The lowest BCUT2D eigenvalue weighted by Gasteiger charge is -2.06. The summed E-state index contributed by atoms with van der Waals surface area (Å²) in [6, 6.07) is 4.10. The monoisotopic (exact) mass is 176 g/mol. The van der Waals surface area contributed by atoms with Crippen LogP contribution < -0.4 is 4.74 Å². The van der Waals surface area contributed by atoms with Gasteiger partial charge < -0.3 is 4.74 Å². The quantitative estimate of drug-likeness (QED) is 0.692. The van der Waals surface area contributed by atoms with Crippen LogP contribution in [-0.4, -0.2) is 12.1 Å². The summed E-state index contributed by atoms with van der Waals surface area (Å²) in [5, 5.41) is 8.70. The van der Waals surface area contributed by atoms with E-state index in [0.717, 1.165) is 11.1 Å². The molecule has 0 aliphatic rings. The van der Waals surface area contributed by atoms with Crippen LogP contribution in [0.15, 0.2) is 12.3 Å². The number of rotatable bonds is 2. The Labute approximate surface area is 78.0 Å². The smallest absolute Gasteiger partial charge is 0.215 e. The normalized spacial score (nSPS) is 11.8. The fraction of sp³-hybridized carbons (Fsp3) is 0.400. The summed E-state index contributed by atoms with van der Waals surface area (Å²) in [4.78, 5) is 4.09. The van der Waals surface area contributed by atoms with Gasteiger partial charge in [-0.25, -0.2) is 4.98 Å². The van der Waals surface area contributed by atoms with Gasteiger partial charge in [0, 0.05) is 11.8 Å². The highest BCUT2D eigenvalue weighted by atomic mass is 16.5. The van der Waals surface area contributed by atoms with Gasteiger partial charge in [0.25, 0.3) is 0 Å². The molecule has 0 radical (unpaired) electrons. The summed E-state index contributed by atoms with van der Waals surface area (Å²) in [5.41, 5.74) is 1.89. The summed E-state index contributed by atoms with van der Waals surface area (Å²) in [5.74, 6) is 0.506. The van der Waals surface area contributed by atoms with E-state index in [-0.39, 0.29) is 5.92 Å². The maximum absolute atomic E-state index is 8.70. The van der Waals surface area contributed by atoms with Gasteiger partial charge in [0.2, 0.25) is 5.88 Å². The lowest BCUT2D eigenvalue weighted by atomic mass is 10.0. The minimum atomic E-state index is -0.114. The highest BCUT2D eigenvalue weighted by Crippen LogP contribution is 2.19. The van der Waals surface area contributed by atoms with E-state index in [1.165, 1.54) is 0 Å². The minimum Gasteiger partial charge on any atom is -0.481 e. The second-order valence-corrected chi connectivity index (χ2v) is 2.95. The van der Waals surface area contributed by atoms with E-state index in [1.54, 1.807) is 13.3 Å². The molecule has 13 heavy (non-hydrogen) atoms. The average molecular weight is 176 g/mol. The van der Waals surface area contributed by atoms with Crippen molar-refractivity contribution >= 4 is 0 Å². The summed E-state index contributed by atoms with van der Waals surface area (Å²) in [6.45, 7) is 3.77. The van der Waals surface area contributed by atoms with Crippen molar-refractivity contribution in [1.82, 2.24) is 4.98 Å². The predicted octanol–water partition coefficient (Wildman–Crippen LogP) is 2.03. The van der Waals surface area contributed by atoms with E-state index in [0.29, 0.717) is 5.88 Å². The molecule has 0 aromatic carbocycles. The minimum absolute atomic E-state index is 0.114. The number of nitriles is 1. The molecule has 0 fully saturated rings. The number of pyridine rings is 1. The number of hydrogen-bond donors (Lipinski definition) is 0. The van der Waals surface area contributed by atoms with E-state index in [9.17, 15) is 0 Å². The van der Waals surface area contributed by atoms with Gasteiger partial charge in [-0.1, -0.05) is 0 Å². The lowest BCUT2D eigenvalue weighted by molar-refractivity contribution is 0.394. The summed E-state index contributed by atoms with van der Waals surface area (Å²) >= 11 is 0. The van der Waals surface area contributed by atoms with E-state index in [4.69, 9.17) is 10.00 Å². The summed E-state index contributed by atoms with van der Waals surface area (Å²) in [6.07, 6.45) is 1.68. The zero-order chi connectivity index (χ0) is 9.84. The van der Waals surface area contributed by atoms with E-state index in [2.05, 4.69) is 11.1 Å². The number of aromatic nitrogens is 1. The molecule has 0 saturated heterocycles. The molecule has 3 nitrogen and oxygen atoms in total. The Balaban J connectivity index is 3.04. The maximum Gasteiger partial charge on any atom is 0.215 e. The highest BCUT2D eigenvalue weighted by molar-refractivity contribution is 5.32. The third-order valence-corrected chi connectivity index (χ3v) is 1.94. The first-order valence-corrected chi connectivity index (χ1v) is 4.09. The molecule has 0 bridgehead atoms. The number of methoxy groups -OCH3 is 1. The average Bonchev–Trinajstić information content (AvgIpc) is 2.16. The van der Waals surface area contributed by atoms with Gasteiger partial charge in [0.05, 0.1) is 19.1 Å². The van der Waals surface area contributed by atoms with Crippen LogP contribution in [0, 0.1) is 18.3 Å².